The number of β-lactam (4-membered cyclic amide) rings is 1. The van der Waals surface area contributed by atoms with Gasteiger partial charge < -0.3 is 26.3 Å². The Morgan fingerprint density at radius 1 is 1.29 bits per heavy atom. The molecular weight excluding hydrogens is 571 g/mol. The Labute approximate surface area is 256 Å². The first kappa shape index (κ1) is 29.8. The number of carboxylic acids is 1. The Morgan fingerprint density at radius 3 is 2.68 bits per heavy atom. The van der Waals surface area contributed by atoms with E-state index in [-0.39, 0.29) is 83.3 Å². The summed E-state index contributed by atoms with van der Waals surface area (Å²) in [6.45, 7) is 0.245. The Kier molecular flexibility index (Phi) is 8.52. The fraction of sp³-hybridized carbons (Fsp3) is 0.261. The minimum atomic E-state index is -1.38. The molecule has 2 fully saturated rings. The van der Waals surface area contributed by atoms with Gasteiger partial charge in [-0.25, -0.2) is 4.79 Å². The van der Waals surface area contributed by atoms with Crippen molar-refractivity contribution in [1.82, 2.24) is 19.6 Å². The van der Waals surface area contributed by atoms with Crippen molar-refractivity contribution in [2.75, 3.05) is 17.2 Å². The van der Waals surface area contributed by atoms with Gasteiger partial charge in [0.15, 0.2) is 5.13 Å². The van der Waals surface area contributed by atoms with Crippen LogP contribution in [0.5, 0.6) is 0 Å². The number of carbonyl (C=O) groups is 4. The number of carboxylic acid groups (broad SMARTS) is 1. The SMILES string of the molecule is Nc1nc(C(=NO)C(=O)N[C@H]2C(=O)N3C(C(=O)O)=C(C=C4CCN(c5cccc([N+](=O)[O-])c5)C4=O)CC[C@@H]23)ns1.[Na]. The van der Waals surface area contributed by atoms with Crippen LogP contribution in [0.2, 0.25) is 0 Å². The number of anilines is 2. The number of nitrogen functional groups attached to an aromatic ring is 1. The number of nitrogens with one attached hydrogen (secondary N) is 1. The minimum absolute atomic E-state index is 0. The van der Waals surface area contributed by atoms with Crippen molar-refractivity contribution in [1.29, 1.82) is 0 Å². The summed E-state index contributed by atoms with van der Waals surface area (Å²) in [5, 5.41) is 35.7. The molecule has 0 saturated carbocycles. The van der Waals surface area contributed by atoms with Gasteiger partial charge in [-0.05, 0) is 37.0 Å². The van der Waals surface area contributed by atoms with E-state index >= 15 is 0 Å². The van der Waals surface area contributed by atoms with Crippen LogP contribution in [-0.2, 0) is 19.2 Å². The maximum Gasteiger partial charge on any atom is 0.352 e. The summed E-state index contributed by atoms with van der Waals surface area (Å²) in [5.41, 5.74) is 5.39. The molecule has 0 unspecified atom stereocenters. The van der Waals surface area contributed by atoms with Crippen LogP contribution in [0.25, 0.3) is 0 Å². The number of carbonyl (C=O) groups excluding carboxylic acids is 3. The van der Waals surface area contributed by atoms with Crippen LogP contribution < -0.4 is 16.0 Å². The van der Waals surface area contributed by atoms with E-state index in [0.29, 0.717) is 11.3 Å². The van der Waals surface area contributed by atoms with Gasteiger partial charge in [-0.2, -0.15) is 9.36 Å². The van der Waals surface area contributed by atoms with Crippen molar-refractivity contribution < 1.29 is 34.4 Å². The average molecular weight is 592 g/mol. The maximum atomic E-state index is 13.1. The van der Waals surface area contributed by atoms with E-state index in [1.54, 1.807) is 6.07 Å². The number of fused-ring (bicyclic) bond motifs is 1. The average Bonchev–Trinajstić information content (AvgIpc) is 3.52. The largest absolute Gasteiger partial charge is 0.477 e. The summed E-state index contributed by atoms with van der Waals surface area (Å²) in [4.78, 5) is 67.7. The molecular formula is C23H20N8NaO8S. The number of nitro groups is 1. The predicted octanol–water partition coefficient (Wildman–Crippen LogP) is 0.0174. The number of allylic oxidation sites excluding steroid dienone is 2. The van der Waals surface area contributed by atoms with Crippen LogP contribution >= 0.6 is 11.5 Å². The molecule has 0 spiro atoms. The van der Waals surface area contributed by atoms with Crippen molar-refractivity contribution >= 4 is 87.0 Å². The molecule has 1 aromatic carbocycles. The van der Waals surface area contributed by atoms with Gasteiger partial charge in [0, 0.05) is 65.3 Å². The van der Waals surface area contributed by atoms with Crippen molar-refractivity contribution in [3.8, 4) is 0 Å². The molecule has 3 amide bonds. The van der Waals surface area contributed by atoms with Crippen LogP contribution in [0.4, 0.5) is 16.5 Å². The molecule has 5 rings (SSSR count). The number of benzene rings is 1. The number of non-ortho nitro benzene ring substituents is 1. The van der Waals surface area contributed by atoms with Gasteiger partial charge in [0.25, 0.3) is 23.4 Å². The van der Waals surface area contributed by atoms with Gasteiger partial charge in [-0.1, -0.05) is 11.2 Å². The van der Waals surface area contributed by atoms with E-state index < -0.39 is 46.4 Å². The second-order valence-electron chi connectivity index (χ2n) is 9.00. The molecule has 0 aliphatic carbocycles. The molecule has 2 saturated heterocycles. The van der Waals surface area contributed by atoms with Gasteiger partial charge in [-0.3, -0.25) is 29.4 Å². The zero-order chi connectivity index (χ0) is 28.7. The molecule has 1 aromatic heterocycles. The van der Waals surface area contributed by atoms with Crippen LogP contribution in [0.1, 0.15) is 25.1 Å². The number of amides is 3. The topological polar surface area (TPSA) is 235 Å². The molecule has 2 aromatic rings. The van der Waals surface area contributed by atoms with Gasteiger partial charge in [-0.15, -0.1) is 0 Å². The van der Waals surface area contributed by atoms with E-state index in [4.69, 9.17) is 5.73 Å². The van der Waals surface area contributed by atoms with Gasteiger partial charge in [0.1, 0.15) is 11.7 Å². The summed E-state index contributed by atoms with van der Waals surface area (Å²) in [7, 11) is 0. The minimum Gasteiger partial charge on any atom is -0.477 e. The molecule has 3 aliphatic heterocycles. The smallest absolute Gasteiger partial charge is 0.352 e. The molecule has 0 bridgehead atoms. The number of nitrogens with two attached hydrogens (primary N) is 1. The van der Waals surface area contributed by atoms with E-state index in [0.717, 1.165) is 16.4 Å². The molecule has 207 valence electrons. The zero-order valence-electron chi connectivity index (χ0n) is 21.4. The van der Waals surface area contributed by atoms with Crippen LogP contribution in [0.3, 0.4) is 0 Å². The van der Waals surface area contributed by atoms with Crippen LogP contribution in [0, 0.1) is 10.1 Å². The Bertz CT molecular complexity index is 1570. The number of rotatable bonds is 7. The fourth-order valence-corrected chi connectivity index (χ4v) is 5.38. The number of aliphatic carboxylic acids is 1. The number of hydrogen-bond donors (Lipinski definition) is 4. The quantitative estimate of drug-likeness (QED) is 0.0637. The van der Waals surface area contributed by atoms with Crippen molar-refractivity contribution in [3.05, 3.63) is 63.1 Å². The van der Waals surface area contributed by atoms with Crippen LogP contribution in [0.15, 0.2) is 52.3 Å². The number of hydrogen-bond acceptors (Lipinski definition) is 12. The number of aromatic nitrogens is 2. The summed E-state index contributed by atoms with van der Waals surface area (Å²) < 4.78 is 3.80. The fourth-order valence-electron chi connectivity index (χ4n) is 4.94. The third kappa shape index (κ3) is 5.43. The first-order valence-electron chi connectivity index (χ1n) is 11.8. The monoisotopic (exact) mass is 591 g/mol. The third-order valence-electron chi connectivity index (χ3n) is 6.76. The summed E-state index contributed by atoms with van der Waals surface area (Å²) >= 11 is 0.779. The molecule has 4 heterocycles. The maximum absolute atomic E-state index is 13.1. The molecule has 5 N–H and O–H groups in total. The molecule has 2 atom stereocenters. The van der Waals surface area contributed by atoms with Gasteiger partial charge >= 0.3 is 5.97 Å². The van der Waals surface area contributed by atoms with Crippen molar-refractivity contribution in [3.63, 3.8) is 0 Å². The van der Waals surface area contributed by atoms with E-state index in [1.165, 1.54) is 29.2 Å². The molecule has 16 nitrogen and oxygen atoms in total. The Hall–Kier alpha value is -4.19. The summed E-state index contributed by atoms with van der Waals surface area (Å²) in [5.74, 6) is -3.66. The molecule has 3 aliphatic rings. The third-order valence-corrected chi connectivity index (χ3v) is 7.30. The number of nitro benzene ring substituents is 1. The van der Waals surface area contributed by atoms with Crippen molar-refractivity contribution in [2.24, 2.45) is 5.16 Å². The van der Waals surface area contributed by atoms with Crippen LogP contribution in [-0.4, -0.2) is 107 Å². The normalized spacial score (nSPS) is 21.4. The van der Waals surface area contributed by atoms with E-state index in [2.05, 4.69) is 19.8 Å². The Balaban J connectivity index is 0.00000387. The van der Waals surface area contributed by atoms with Gasteiger partial charge in [0.05, 0.1) is 16.7 Å². The van der Waals surface area contributed by atoms with Gasteiger partial charge in [0.2, 0.25) is 11.5 Å². The summed E-state index contributed by atoms with van der Waals surface area (Å²) in [6.07, 6.45) is 2.20. The first-order valence-corrected chi connectivity index (χ1v) is 12.6. The standard InChI is InChI=1S/C23H20N8O8S.Na/c24-23-26-18(28-40-23)16(27-37)19(32)25-15-14-5-4-10(17(22(35)36)30(14)21(15)34)8-11-6-7-29(20(11)33)12-2-1-3-13(9-12)31(38)39;/h1-3,8-9,14-15,37H,4-7H2,(H,25,32)(H,35,36)(H2,24,26,28);/t14-,15+;/m0./s1. The second kappa shape index (κ2) is 11.7. The molecule has 41 heavy (non-hydrogen) atoms. The van der Waals surface area contributed by atoms with E-state index in [1.807, 2.05) is 0 Å². The number of nitrogens with zero attached hydrogens (tertiary/aromatic N) is 6. The predicted molar refractivity (Wildman–Crippen MR) is 143 cm³/mol. The number of oxime groups is 1. The van der Waals surface area contributed by atoms with E-state index in [9.17, 15) is 39.6 Å². The van der Waals surface area contributed by atoms with Crippen molar-refractivity contribution in [2.45, 2.75) is 31.3 Å². The zero-order valence-corrected chi connectivity index (χ0v) is 24.2. The molecule has 18 heteroatoms. The Morgan fingerprint density at radius 2 is 2.05 bits per heavy atom. The second-order valence-corrected chi connectivity index (χ2v) is 9.79. The summed E-state index contributed by atoms with van der Waals surface area (Å²) in [6, 6.07) is 3.87. The first-order chi connectivity index (χ1) is 19.1. The molecule has 1 radical (unpaired) electrons.